The minimum Gasteiger partial charge on any atom is -0.497 e. The van der Waals surface area contributed by atoms with Crippen LogP contribution in [0.5, 0.6) is 0 Å². The molecule has 7 nitrogen and oxygen atoms in total. The van der Waals surface area contributed by atoms with Gasteiger partial charge in [-0.25, -0.2) is 4.79 Å². The third-order valence-corrected chi connectivity index (χ3v) is 2.70. The fourth-order valence-corrected chi connectivity index (χ4v) is 1.83. The SMILES string of the molecule is COC(=O)C1(O)C(OC)=CC(=O)C1(OC)OC. The number of carbonyl (C=O) groups excluding carboxylic acids is 2. The highest BCUT2D eigenvalue weighted by atomic mass is 16.7. The number of aliphatic hydroxyl groups is 1. The van der Waals surface area contributed by atoms with Gasteiger partial charge in [-0.3, -0.25) is 4.79 Å². The maximum Gasteiger partial charge on any atom is 0.352 e. The van der Waals surface area contributed by atoms with E-state index in [1.807, 2.05) is 0 Å². The summed E-state index contributed by atoms with van der Waals surface area (Å²) in [6, 6.07) is 0. The number of hydrogen-bond donors (Lipinski definition) is 1. The Kier molecular flexibility index (Phi) is 3.56. The molecule has 0 radical (unpaired) electrons. The summed E-state index contributed by atoms with van der Waals surface area (Å²) in [5.41, 5.74) is -2.46. The zero-order valence-corrected chi connectivity index (χ0v) is 9.97. The van der Waals surface area contributed by atoms with Gasteiger partial charge in [0.1, 0.15) is 5.76 Å². The molecular weight excluding hydrogens is 232 g/mol. The van der Waals surface area contributed by atoms with Crippen molar-refractivity contribution in [2.24, 2.45) is 0 Å². The van der Waals surface area contributed by atoms with E-state index in [4.69, 9.17) is 14.2 Å². The molecule has 1 rings (SSSR count). The van der Waals surface area contributed by atoms with Crippen molar-refractivity contribution in [1.29, 1.82) is 0 Å². The lowest BCUT2D eigenvalue weighted by atomic mass is 9.94. The van der Waals surface area contributed by atoms with E-state index in [1.165, 1.54) is 7.11 Å². The second-order valence-electron chi connectivity index (χ2n) is 3.30. The monoisotopic (exact) mass is 246 g/mol. The van der Waals surface area contributed by atoms with Gasteiger partial charge in [-0.2, -0.15) is 0 Å². The summed E-state index contributed by atoms with van der Waals surface area (Å²) in [4.78, 5) is 23.5. The van der Waals surface area contributed by atoms with Gasteiger partial charge in [0, 0.05) is 20.3 Å². The molecule has 0 saturated carbocycles. The lowest BCUT2D eigenvalue weighted by molar-refractivity contribution is -0.270. The average Bonchev–Trinajstić information content (AvgIpc) is 2.57. The zero-order valence-electron chi connectivity index (χ0n) is 9.97. The molecule has 1 N–H and O–H groups in total. The third kappa shape index (κ3) is 1.47. The molecule has 1 aliphatic carbocycles. The summed E-state index contributed by atoms with van der Waals surface area (Å²) >= 11 is 0. The van der Waals surface area contributed by atoms with Crippen LogP contribution >= 0.6 is 0 Å². The largest absolute Gasteiger partial charge is 0.497 e. The predicted molar refractivity (Wildman–Crippen MR) is 53.8 cm³/mol. The smallest absolute Gasteiger partial charge is 0.352 e. The quantitative estimate of drug-likeness (QED) is 0.502. The van der Waals surface area contributed by atoms with Crippen molar-refractivity contribution in [2.45, 2.75) is 11.4 Å². The Bertz CT molecular complexity index is 369. The van der Waals surface area contributed by atoms with Gasteiger partial charge in [0.05, 0.1) is 14.2 Å². The normalized spacial score (nSPS) is 26.6. The molecule has 0 heterocycles. The number of ether oxygens (including phenoxy) is 4. The van der Waals surface area contributed by atoms with Crippen molar-refractivity contribution in [3.8, 4) is 0 Å². The molecule has 1 aliphatic rings. The lowest BCUT2D eigenvalue weighted by Gasteiger charge is -2.36. The maximum atomic E-state index is 11.8. The molecule has 96 valence electrons. The maximum absolute atomic E-state index is 11.8. The second kappa shape index (κ2) is 4.44. The van der Waals surface area contributed by atoms with Gasteiger partial charge in [0.15, 0.2) is 0 Å². The molecule has 0 bridgehead atoms. The van der Waals surface area contributed by atoms with E-state index in [2.05, 4.69) is 4.74 Å². The first-order valence-corrected chi connectivity index (χ1v) is 4.66. The van der Waals surface area contributed by atoms with E-state index in [9.17, 15) is 14.7 Å². The zero-order chi connectivity index (χ0) is 13.3. The molecule has 0 fully saturated rings. The Morgan fingerprint density at radius 2 is 1.76 bits per heavy atom. The molecule has 0 aliphatic heterocycles. The summed E-state index contributed by atoms with van der Waals surface area (Å²) in [5.74, 6) is -4.34. The summed E-state index contributed by atoms with van der Waals surface area (Å²) in [7, 11) is 4.52. The Hall–Kier alpha value is -1.44. The van der Waals surface area contributed by atoms with Crippen LogP contribution in [0.2, 0.25) is 0 Å². The fraction of sp³-hybridized carbons (Fsp3) is 0.600. The van der Waals surface area contributed by atoms with Gasteiger partial charge in [-0.1, -0.05) is 0 Å². The summed E-state index contributed by atoms with van der Waals surface area (Å²) in [6.45, 7) is 0. The number of rotatable bonds is 4. The van der Waals surface area contributed by atoms with Crippen LogP contribution in [-0.4, -0.2) is 56.7 Å². The van der Waals surface area contributed by atoms with E-state index in [-0.39, 0.29) is 5.76 Å². The van der Waals surface area contributed by atoms with Crippen LogP contribution in [0, 0.1) is 0 Å². The molecular formula is C10H14O7. The van der Waals surface area contributed by atoms with Gasteiger partial charge in [-0.15, -0.1) is 0 Å². The van der Waals surface area contributed by atoms with Gasteiger partial charge < -0.3 is 24.1 Å². The number of carbonyl (C=O) groups is 2. The van der Waals surface area contributed by atoms with E-state index in [0.29, 0.717) is 0 Å². The first-order valence-electron chi connectivity index (χ1n) is 4.66. The Morgan fingerprint density at radius 3 is 2.12 bits per heavy atom. The number of methoxy groups -OCH3 is 4. The third-order valence-electron chi connectivity index (χ3n) is 2.70. The molecule has 0 aromatic rings. The van der Waals surface area contributed by atoms with Crippen LogP contribution in [0.3, 0.4) is 0 Å². The minimum absolute atomic E-state index is 0.293. The summed E-state index contributed by atoms with van der Waals surface area (Å²) in [6.07, 6.45) is 0.934. The number of esters is 1. The van der Waals surface area contributed by atoms with Crippen LogP contribution in [-0.2, 0) is 28.5 Å². The molecule has 0 amide bonds. The molecule has 7 heteroatoms. The van der Waals surface area contributed by atoms with Crippen molar-refractivity contribution in [3.63, 3.8) is 0 Å². The van der Waals surface area contributed by atoms with E-state index in [0.717, 1.165) is 27.4 Å². The van der Waals surface area contributed by atoms with Crippen LogP contribution in [0.15, 0.2) is 11.8 Å². The number of ketones is 1. The Balaban J connectivity index is 3.42. The molecule has 1 atom stereocenters. The molecule has 1 unspecified atom stereocenters. The van der Waals surface area contributed by atoms with Gasteiger partial charge in [0.25, 0.3) is 11.4 Å². The highest BCUT2D eigenvalue weighted by Gasteiger charge is 2.70. The molecule has 17 heavy (non-hydrogen) atoms. The number of hydrogen-bond acceptors (Lipinski definition) is 7. The highest BCUT2D eigenvalue weighted by Crippen LogP contribution is 2.41. The highest BCUT2D eigenvalue weighted by molar-refractivity contribution is 6.08. The van der Waals surface area contributed by atoms with Crippen molar-refractivity contribution in [3.05, 3.63) is 11.8 Å². The van der Waals surface area contributed by atoms with Crippen LogP contribution < -0.4 is 0 Å². The van der Waals surface area contributed by atoms with Crippen molar-refractivity contribution < 1.29 is 33.6 Å². The summed E-state index contributed by atoms with van der Waals surface area (Å²) in [5, 5.41) is 10.4. The van der Waals surface area contributed by atoms with Crippen molar-refractivity contribution in [2.75, 3.05) is 28.4 Å². The van der Waals surface area contributed by atoms with Crippen molar-refractivity contribution in [1.82, 2.24) is 0 Å². The standard InChI is InChI=1S/C10H14O7/c1-14-7-5-6(11)10(16-3,17-4)9(7,13)8(12)15-2/h5,13H,1-4H3. The first kappa shape index (κ1) is 13.6. The molecule has 0 aromatic heterocycles. The van der Waals surface area contributed by atoms with Crippen LogP contribution in [0.25, 0.3) is 0 Å². The van der Waals surface area contributed by atoms with E-state index < -0.39 is 23.1 Å². The van der Waals surface area contributed by atoms with Gasteiger partial charge in [-0.05, 0) is 0 Å². The average molecular weight is 246 g/mol. The van der Waals surface area contributed by atoms with Gasteiger partial charge in [0.2, 0.25) is 5.78 Å². The minimum atomic E-state index is -2.46. The van der Waals surface area contributed by atoms with Crippen LogP contribution in [0.4, 0.5) is 0 Å². The molecule has 0 aromatic carbocycles. The topological polar surface area (TPSA) is 91.3 Å². The molecule has 0 saturated heterocycles. The molecule has 0 spiro atoms. The fourth-order valence-electron chi connectivity index (χ4n) is 1.83. The van der Waals surface area contributed by atoms with Crippen LogP contribution in [0.1, 0.15) is 0 Å². The Morgan fingerprint density at radius 1 is 1.24 bits per heavy atom. The lowest BCUT2D eigenvalue weighted by Crippen LogP contribution is -2.63. The van der Waals surface area contributed by atoms with Crippen molar-refractivity contribution >= 4 is 11.8 Å². The van der Waals surface area contributed by atoms with E-state index in [1.54, 1.807) is 0 Å². The first-order chi connectivity index (χ1) is 7.94. The van der Waals surface area contributed by atoms with E-state index >= 15 is 0 Å². The Labute approximate surface area is 97.9 Å². The predicted octanol–water partition coefficient (Wildman–Crippen LogP) is -1.01. The summed E-state index contributed by atoms with van der Waals surface area (Å²) < 4.78 is 19.0. The van der Waals surface area contributed by atoms with Gasteiger partial charge >= 0.3 is 5.97 Å². The second-order valence-corrected chi connectivity index (χ2v) is 3.30.